The second-order valence-corrected chi connectivity index (χ2v) is 6.92. The van der Waals surface area contributed by atoms with E-state index in [1.165, 1.54) is 30.3 Å². The van der Waals surface area contributed by atoms with Crippen molar-refractivity contribution in [2.24, 2.45) is 0 Å². The molecule has 0 aliphatic carbocycles. The van der Waals surface area contributed by atoms with E-state index < -0.39 is 15.8 Å². The van der Waals surface area contributed by atoms with Crippen molar-refractivity contribution in [1.82, 2.24) is 0 Å². The Hall–Kier alpha value is -1.91. The largest absolute Gasteiger partial charge is 0.277 e. The Kier molecular flexibility index (Phi) is 4.30. The topological polar surface area (TPSA) is 70.0 Å². The van der Waals surface area contributed by atoms with Crippen molar-refractivity contribution < 1.29 is 12.8 Å². The highest BCUT2D eigenvalue weighted by molar-refractivity contribution is 9.10. The molecule has 2 aromatic carbocycles. The molecule has 0 aliphatic heterocycles. The molecule has 0 heterocycles. The Morgan fingerprint density at radius 1 is 1.24 bits per heavy atom. The van der Waals surface area contributed by atoms with Gasteiger partial charge in [-0.1, -0.05) is 15.9 Å². The Morgan fingerprint density at radius 3 is 2.57 bits per heavy atom. The van der Waals surface area contributed by atoms with E-state index in [0.717, 1.165) is 6.07 Å². The van der Waals surface area contributed by atoms with E-state index in [0.29, 0.717) is 15.6 Å². The fraction of sp³-hybridized carbons (Fsp3) is 0.0714. The molecule has 0 aromatic heterocycles. The van der Waals surface area contributed by atoms with Gasteiger partial charge in [-0.2, -0.15) is 5.26 Å². The number of nitriles is 1. The fourth-order valence-corrected chi connectivity index (χ4v) is 3.21. The van der Waals surface area contributed by atoms with E-state index in [9.17, 15) is 12.8 Å². The van der Waals surface area contributed by atoms with E-state index in [4.69, 9.17) is 5.26 Å². The smallest absolute Gasteiger partial charge is 0.261 e. The van der Waals surface area contributed by atoms with Crippen molar-refractivity contribution in [3.05, 3.63) is 57.8 Å². The normalized spacial score (nSPS) is 11.0. The average Bonchev–Trinajstić information content (AvgIpc) is 2.42. The van der Waals surface area contributed by atoms with E-state index in [-0.39, 0.29) is 10.6 Å². The van der Waals surface area contributed by atoms with Gasteiger partial charge in [-0.15, -0.1) is 0 Å². The van der Waals surface area contributed by atoms with Crippen LogP contribution >= 0.6 is 15.9 Å². The minimum absolute atomic E-state index is 0.0293. The van der Waals surface area contributed by atoms with Crippen LogP contribution in [-0.2, 0) is 10.0 Å². The van der Waals surface area contributed by atoms with Gasteiger partial charge in [0.15, 0.2) is 0 Å². The first-order valence-electron chi connectivity index (χ1n) is 5.82. The molecule has 0 amide bonds. The number of halogens is 2. The Bertz CT molecular complexity index is 845. The van der Waals surface area contributed by atoms with Crippen LogP contribution in [0.15, 0.2) is 45.8 Å². The first-order valence-corrected chi connectivity index (χ1v) is 8.10. The van der Waals surface area contributed by atoms with Gasteiger partial charge in [0.05, 0.1) is 22.2 Å². The lowest BCUT2D eigenvalue weighted by Crippen LogP contribution is -2.14. The molecule has 7 heteroatoms. The lowest BCUT2D eigenvalue weighted by atomic mass is 10.1. The molecule has 1 N–H and O–H groups in total. The van der Waals surface area contributed by atoms with Gasteiger partial charge in [-0.05, 0) is 48.9 Å². The molecule has 0 spiro atoms. The molecule has 0 saturated carbocycles. The molecule has 2 rings (SSSR count). The summed E-state index contributed by atoms with van der Waals surface area (Å²) in [6, 6.07) is 10.0. The molecule has 108 valence electrons. The standard InChI is InChI=1S/C14H10BrFN2O2S/c1-9-6-12(4-2-10(9)8-17)21(19,20)18-14-7-11(15)3-5-13(14)16/h2-7,18H,1H3. The van der Waals surface area contributed by atoms with Crippen molar-refractivity contribution in [1.29, 1.82) is 5.26 Å². The third-order valence-electron chi connectivity index (χ3n) is 2.80. The number of sulfonamides is 1. The molecular formula is C14H10BrFN2O2S. The minimum atomic E-state index is -3.92. The predicted molar refractivity (Wildman–Crippen MR) is 80.8 cm³/mol. The SMILES string of the molecule is Cc1cc(S(=O)(=O)Nc2cc(Br)ccc2F)ccc1C#N. The quantitative estimate of drug-likeness (QED) is 0.899. The van der Waals surface area contributed by atoms with E-state index >= 15 is 0 Å². The maximum Gasteiger partial charge on any atom is 0.261 e. The molecule has 0 bridgehead atoms. The van der Waals surface area contributed by atoms with Crippen LogP contribution in [0.3, 0.4) is 0 Å². The van der Waals surface area contributed by atoms with E-state index in [2.05, 4.69) is 20.7 Å². The number of anilines is 1. The number of nitrogens with zero attached hydrogens (tertiary/aromatic N) is 1. The summed E-state index contributed by atoms with van der Waals surface area (Å²) in [6.07, 6.45) is 0. The molecule has 0 atom stereocenters. The molecule has 21 heavy (non-hydrogen) atoms. The van der Waals surface area contributed by atoms with Crippen LogP contribution in [0.4, 0.5) is 10.1 Å². The molecule has 0 saturated heterocycles. The van der Waals surface area contributed by atoms with Crippen LogP contribution in [0.1, 0.15) is 11.1 Å². The number of nitrogens with one attached hydrogen (secondary N) is 1. The van der Waals surface area contributed by atoms with Crippen LogP contribution in [0, 0.1) is 24.1 Å². The zero-order valence-corrected chi connectivity index (χ0v) is 13.3. The summed E-state index contributed by atoms with van der Waals surface area (Å²) in [4.78, 5) is -0.0293. The minimum Gasteiger partial charge on any atom is -0.277 e. The predicted octanol–water partition coefficient (Wildman–Crippen LogP) is 3.57. The lowest BCUT2D eigenvalue weighted by molar-refractivity contribution is 0.598. The molecule has 0 unspecified atom stereocenters. The van der Waals surface area contributed by atoms with Crippen LogP contribution in [0.5, 0.6) is 0 Å². The van der Waals surface area contributed by atoms with E-state index in [1.54, 1.807) is 6.92 Å². The first kappa shape index (κ1) is 15.5. The molecule has 0 radical (unpaired) electrons. The Morgan fingerprint density at radius 2 is 1.95 bits per heavy atom. The molecule has 0 fully saturated rings. The van der Waals surface area contributed by atoms with Crippen LogP contribution in [-0.4, -0.2) is 8.42 Å². The van der Waals surface area contributed by atoms with Crippen LogP contribution in [0.25, 0.3) is 0 Å². The average molecular weight is 369 g/mol. The monoisotopic (exact) mass is 368 g/mol. The van der Waals surface area contributed by atoms with Gasteiger partial charge < -0.3 is 0 Å². The lowest BCUT2D eigenvalue weighted by Gasteiger charge is -2.10. The number of hydrogen-bond donors (Lipinski definition) is 1. The summed E-state index contributed by atoms with van der Waals surface area (Å²) in [6.45, 7) is 1.64. The van der Waals surface area contributed by atoms with Gasteiger partial charge in [0.1, 0.15) is 5.82 Å². The van der Waals surface area contributed by atoms with Crippen molar-refractivity contribution in [3.8, 4) is 6.07 Å². The third kappa shape index (κ3) is 3.40. The third-order valence-corrected chi connectivity index (χ3v) is 4.66. The zero-order chi connectivity index (χ0) is 15.6. The van der Waals surface area contributed by atoms with Crippen LogP contribution in [0.2, 0.25) is 0 Å². The molecule has 4 nitrogen and oxygen atoms in total. The maximum absolute atomic E-state index is 13.6. The molecular weight excluding hydrogens is 359 g/mol. The van der Waals surface area contributed by atoms with Crippen molar-refractivity contribution in [2.75, 3.05) is 4.72 Å². The highest BCUT2D eigenvalue weighted by atomic mass is 79.9. The Balaban J connectivity index is 2.41. The molecule has 2 aromatic rings. The first-order chi connectivity index (χ1) is 9.83. The zero-order valence-electron chi connectivity index (χ0n) is 10.9. The number of benzene rings is 2. The highest BCUT2D eigenvalue weighted by Crippen LogP contribution is 2.24. The second kappa shape index (κ2) is 5.84. The van der Waals surface area contributed by atoms with Crippen molar-refractivity contribution >= 4 is 31.6 Å². The fourth-order valence-electron chi connectivity index (χ4n) is 1.71. The summed E-state index contributed by atoms with van der Waals surface area (Å²) in [7, 11) is -3.92. The number of rotatable bonds is 3. The van der Waals surface area contributed by atoms with Gasteiger partial charge >= 0.3 is 0 Å². The van der Waals surface area contributed by atoms with Gasteiger partial charge in [-0.3, -0.25) is 4.72 Å². The summed E-state index contributed by atoms with van der Waals surface area (Å²) >= 11 is 3.15. The molecule has 0 aliphatic rings. The van der Waals surface area contributed by atoms with Gasteiger partial charge in [0, 0.05) is 4.47 Å². The number of aryl methyl sites for hydroxylation is 1. The van der Waals surface area contributed by atoms with Gasteiger partial charge in [0.25, 0.3) is 10.0 Å². The van der Waals surface area contributed by atoms with Crippen molar-refractivity contribution in [2.45, 2.75) is 11.8 Å². The Labute approximate surface area is 130 Å². The second-order valence-electron chi connectivity index (χ2n) is 4.32. The maximum atomic E-state index is 13.6. The summed E-state index contributed by atoms with van der Waals surface area (Å²) < 4.78 is 40.9. The van der Waals surface area contributed by atoms with E-state index in [1.807, 2.05) is 6.07 Å². The summed E-state index contributed by atoms with van der Waals surface area (Å²) in [5.74, 6) is -0.674. The summed E-state index contributed by atoms with van der Waals surface area (Å²) in [5, 5.41) is 8.84. The van der Waals surface area contributed by atoms with Gasteiger partial charge in [0.2, 0.25) is 0 Å². The number of hydrogen-bond acceptors (Lipinski definition) is 3. The highest BCUT2D eigenvalue weighted by Gasteiger charge is 2.17. The van der Waals surface area contributed by atoms with Crippen LogP contribution < -0.4 is 4.72 Å². The van der Waals surface area contributed by atoms with Crippen molar-refractivity contribution in [3.63, 3.8) is 0 Å². The summed E-state index contributed by atoms with van der Waals surface area (Å²) in [5.41, 5.74) is 0.782. The van der Waals surface area contributed by atoms with Gasteiger partial charge in [-0.25, -0.2) is 12.8 Å².